The molecule has 0 radical (unpaired) electrons. The molecule has 0 saturated heterocycles. The number of rotatable bonds is 3. The van der Waals surface area contributed by atoms with Gasteiger partial charge in [-0.3, -0.25) is 10.1 Å². The minimum atomic E-state index is -1.16. The van der Waals surface area contributed by atoms with Crippen LogP contribution in [0.1, 0.15) is 0 Å². The predicted molar refractivity (Wildman–Crippen MR) is 64.5 cm³/mol. The molecule has 0 spiro atoms. The van der Waals surface area contributed by atoms with Crippen molar-refractivity contribution < 1.29 is 18.4 Å². The van der Waals surface area contributed by atoms with E-state index in [0.29, 0.717) is 0 Å². The quantitative estimate of drug-likeness (QED) is 0.623. The van der Waals surface area contributed by atoms with Gasteiger partial charge >= 0.3 is 0 Å². The van der Waals surface area contributed by atoms with Gasteiger partial charge in [0.15, 0.2) is 11.6 Å². The molecular weight excluding hydrogens is 280 g/mol. The monoisotopic (exact) mass is 285 g/mol. The molecule has 0 aliphatic heterocycles. The summed E-state index contributed by atoms with van der Waals surface area (Å²) in [4.78, 5) is 9.89. The van der Waals surface area contributed by atoms with Gasteiger partial charge in [0.05, 0.1) is 9.95 Å². The van der Waals surface area contributed by atoms with Gasteiger partial charge in [0, 0.05) is 12.1 Å². The minimum absolute atomic E-state index is 0.00299. The van der Waals surface area contributed by atoms with E-state index in [-0.39, 0.29) is 22.2 Å². The van der Waals surface area contributed by atoms with Crippen molar-refractivity contribution in [3.8, 4) is 11.5 Å². The maximum Gasteiger partial charge on any atom is 0.271 e. The van der Waals surface area contributed by atoms with Crippen molar-refractivity contribution >= 4 is 17.3 Å². The fourth-order valence-corrected chi connectivity index (χ4v) is 1.58. The Balaban J connectivity index is 2.34. The summed E-state index contributed by atoms with van der Waals surface area (Å²) >= 11 is 5.77. The summed E-state index contributed by atoms with van der Waals surface area (Å²) in [6.07, 6.45) is 0. The average molecular weight is 286 g/mol. The predicted octanol–water partition coefficient (Wildman–Crippen LogP) is 4.32. The number of benzene rings is 2. The van der Waals surface area contributed by atoms with E-state index >= 15 is 0 Å². The van der Waals surface area contributed by atoms with Gasteiger partial charge < -0.3 is 4.74 Å². The molecule has 2 rings (SSSR count). The van der Waals surface area contributed by atoms with Crippen LogP contribution < -0.4 is 4.74 Å². The second kappa shape index (κ2) is 5.19. The highest BCUT2D eigenvalue weighted by molar-refractivity contribution is 6.32. The van der Waals surface area contributed by atoms with Crippen molar-refractivity contribution in [2.24, 2.45) is 0 Å². The Bertz CT molecular complexity index is 649. The van der Waals surface area contributed by atoms with E-state index in [1.807, 2.05) is 0 Å². The van der Waals surface area contributed by atoms with E-state index in [1.54, 1.807) is 0 Å². The Morgan fingerprint density at radius 3 is 2.53 bits per heavy atom. The van der Waals surface area contributed by atoms with Crippen molar-refractivity contribution in [2.45, 2.75) is 0 Å². The summed E-state index contributed by atoms with van der Waals surface area (Å²) in [6.45, 7) is 0. The topological polar surface area (TPSA) is 52.4 Å². The van der Waals surface area contributed by atoms with Gasteiger partial charge in [-0.25, -0.2) is 4.39 Å². The van der Waals surface area contributed by atoms with Gasteiger partial charge in [-0.2, -0.15) is 4.39 Å². The molecule has 0 fully saturated rings. The van der Waals surface area contributed by atoms with Crippen LogP contribution >= 0.6 is 11.6 Å². The second-order valence-corrected chi connectivity index (χ2v) is 3.93. The summed E-state index contributed by atoms with van der Waals surface area (Å²) in [7, 11) is 0. The number of halogens is 3. The molecule has 0 aromatic heterocycles. The molecule has 0 atom stereocenters. The molecule has 0 heterocycles. The number of nitro benzene ring substituents is 1. The van der Waals surface area contributed by atoms with E-state index in [4.69, 9.17) is 16.3 Å². The van der Waals surface area contributed by atoms with Gasteiger partial charge in [0.2, 0.25) is 5.82 Å². The summed E-state index contributed by atoms with van der Waals surface area (Å²) in [5.74, 6) is -2.57. The molecule has 0 unspecified atom stereocenters. The standard InChI is InChI=1S/C12H6ClF2NO3/c13-8-6-7(16(17)18)4-5-10(8)19-11-3-1-2-9(14)12(11)15/h1-6H. The molecule has 0 aliphatic rings. The number of nitro groups is 1. The molecule has 7 heteroatoms. The van der Waals surface area contributed by atoms with Crippen LogP contribution in [0.3, 0.4) is 0 Å². The molecule has 0 aliphatic carbocycles. The Hall–Kier alpha value is -2.21. The molecule has 0 saturated carbocycles. The van der Waals surface area contributed by atoms with Gasteiger partial charge in [0.25, 0.3) is 5.69 Å². The molecule has 0 N–H and O–H groups in total. The first-order valence-corrected chi connectivity index (χ1v) is 5.42. The van der Waals surface area contributed by atoms with Crippen LogP contribution in [0.15, 0.2) is 36.4 Å². The van der Waals surface area contributed by atoms with Crippen molar-refractivity contribution in [3.05, 3.63) is 63.2 Å². The van der Waals surface area contributed by atoms with Crippen molar-refractivity contribution in [2.75, 3.05) is 0 Å². The zero-order valence-corrected chi connectivity index (χ0v) is 10.0. The third-order valence-electron chi connectivity index (χ3n) is 2.26. The summed E-state index contributed by atoms with van der Waals surface area (Å²) in [5.41, 5.74) is -0.225. The van der Waals surface area contributed by atoms with Crippen molar-refractivity contribution in [3.63, 3.8) is 0 Å². The Kier molecular flexibility index (Phi) is 3.62. The second-order valence-electron chi connectivity index (χ2n) is 3.53. The highest BCUT2D eigenvalue weighted by Crippen LogP contribution is 2.33. The molecular formula is C12H6ClF2NO3. The third kappa shape index (κ3) is 2.79. The van der Waals surface area contributed by atoms with Crippen LogP contribution in [0.2, 0.25) is 5.02 Å². The van der Waals surface area contributed by atoms with E-state index < -0.39 is 16.6 Å². The van der Waals surface area contributed by atoms with Crippen LogP contribution in [-0.4, -0.2) is 4.92 Å². The third-order valence-corrected chi connectivity index (χ3v) is 2.56. The van der Waals surface area contributed by atoms with Crippen LogP contribution in [0, 0.1) is 21.7 Å². The lowest BCUT2D eigenvalue weighted by Gasteiger charge is -2.08. The molecule has 2 aromatic carbocycles. The Labute approximate surface area is 111 Å². The average Bonchev–Trinajstić information content (AvgIpc) is 2.37. The molecule has 19 heavy (non-hydrogen) atoms. The van der Waals surface area contributed by atoms with E-state index in [0.717, 1.165) is 18.2 Å². The van der Waals surface area contributed by atoms with Gasteiger partial charge in [-0.05, 0) is 18.2 Å². The Morgan fingerprint density at radius 2 is 1.89 bits per heavy atom. The fraction of sp³-hybridized carbons (Fsp3) is 0. The largest absolute Gasteiger partial charge is 0.453 e. The van der Waals surface area contributed by atoms with Crippen LogP contribution in [0.25, 0.3) is 0 Å². The normalized spacial score (nSPS) is 10.3. The van der Waals surface area contributed by atoms with Gasteiger partial charge in [-0.15, -0.1) is 0 Å². The lowest BCUT2D eigenvalue weighted by molar-refractivity contribution is -0.384. The van der Waals surface area contributed by atoms with Crippen molar-refractivity contribution in [1.29, 1.82) is 0 Å². The molecule has 2 aromatic rings. The van der Waals surface area contributed by atoms with Crippen LogP contribution in [0.5, 0.6) is 11.5 Å². The number of hydrogen-bond donors (Lipinski definition) is 0. The first-order valence-electron chi connectivity index (χ1n) is 5.05. The number of ether oxygens (including phenoxy) is 1. The number of hydrogen-bond acceptors (Lipinski definition) is 3. The maximum absolute atomic E-state index is 13.4. The first-order chi connectivity index (χ1) is 8.99. The summed E-state index contributed by atoms with van der Waals surface area (Å²) < 4.78 is 31.4. The maximum atomic E-state index is 13.4. The highest BCUT2D eigenvalue weighted by atomic mass is 35.5. The lowest BCUT2D eigenvalue weighted by Crippen LogP contribution is -1.93. The number of nitrogens with zero attached hydrogens (tertiary/aromatic N) is 1. The minimum Gasteiger partial charge on any atom is -0.453 e. The summed E-state index contributed by atoms with van der Waals surface area (Å²) in [6, 6.07) is 6.86. The Morgan fingerprint density at radius 1 is 1.16 bits per heavy atom. The molecule has 4 nitrogen and oxygen atoms in total. The van der Waals surface area contributed by atoms with E-state index in [1.165, 1.54) is 18.2 Å². The fourth-order valence-electron chi connectivity index (χ4n) is 1.37. The highest BCUT2D eigenvalue weighted by Gasteiger charge is 2.14. The van der Waals surface area contributed by atoms with Gasteiger partial charge in [0.1, 0.15) is 5.75 Å². The number of non-ortho nitro benzene ring substituents is 1. The molecule has 0 amide bonds. The van der Waals surface area contributed by atoms with E-state index in [9.17, 15) is 18.9 Å². The van der Waals surface area contributed by atoms with Crippen LogP contribution in [-0.2, 0) is 0 Å². The van der Waals surface area contributed by atoms with Crippen molar-refractivity contribution in [1.82, 2.24) is 0 Å². The smallest absolute Gasteiger partial charge is 0.271 e. The SMILES string of the molecule is O=[N+]([O-])c1ccc(Oc2cccc(F)c2F)c(Cl)c1. The van der Waals surface area contributed by atoms with E-state index in [2.05, 4.69) is 0 Å². The first kappa shape index (κ1) is 13.2. The molecule has 0 bridgehead atoms. The zero-order chi connectivity index (χ0) is 14.0. The van der Waals surface area contributed by atoms with Crippen LogP contribution in [0.4, 0.5) is 14.5 Å². The van der Waals surface area contributed by atoms with Gasteiger partial charge in [-0.1, -0.05) is 17.7 Å². The lowest BCUT2D eigenvalue weighted by atomic mass is 10.3. The summed E-state index contributed by atoms with van der Waals surface area (Å²) in [5, 5.41) is 10.4. The molecule has 98 valence electrons. The zero-order valence-electron chi connectivity index (χ0n) is 9.27.